The summed E-state index contributed by atoms with van der Waals surface area (Å²) in [4.78, 5) is 16.5. The van der Waals surface area contributed by atoms with Crippen LogP contribution in [0.5, 0.6) is 5.75 Å². The molecule has 3 N–H and O–H groups in total. The molecule has 0 saturated heterocycles. The van der Waals surface area contributed by atoms with E-state index in [2.05, 4.69) is 16.4 Å². The minimum Gasteiger partial charge on any atom is -0.493 e. The Kier molecular flexibility index (Phi) is 4.57. The Bertz CT molecular complexity index is 715. The van der Waals surface area contributed by atoms with Crippen molar-refractivity contribution in [3.05, 3.63) is 42.0 Å². The second-order valence-corrected chi connectivity index (χ2v) is 5.71. The van der Waals surface area contributed by atoms with Crippen molar-refractivity contribution in [3.63, 3.8) is 0 Å². The number of carbonyl (C=O) groups is 1. The molecule has 1 aliphatic heterocycles. The third kappa shape index (κ3) is 3.51. The minimum absolute atomic E-state index is 0.196. The zero-order valence-electron chi connectivity index (χ0n) is 13.2. The lowest BCUT2D eigenvalue weighted by Crippen LogP contribution is -2.35. The third-order valence-corrected chi connectivity index (χ3v) is 3.92. The predicted octanol–water partition coefficient (Wildman–Crippen LogP) is 2.75. The Morgan fingerprint density at radius 3 is 3.09 bits per heavy atom. The minimum atomic E-state index is -0.498. The number of fused-ring (bicyclic) bond motifs is 1. The predicted molar refractivity (Wildman–Crippen MR) is 90.4 cm³/mol. The van der Waals surface area contributed by atoms with E-state index >= 15 is 0 Å². The van der Waals surface area contributed by atoms with E-state index in [0.717, 1.165) is 36.5 Å². The number of nitrogens with one attached hydrogen (secondary N) is 1. The van der Waals surface area contributed by atoms with E-state index in [-0.39, 0.29) is 5.91 Å². The van der Waals surface area contributed by atoms with E-state index in [1.165, 1.54) is 5.56 Å². The molecule has 1 aromatic heterocycles. The summed E-state index contributed by atoms with van der Waals surface area (Å²) in [5.74, 6) is 1.28. The molecule has 0 aliphatic carbocycles. The standard InChI is InChI=1S/C18H21N3O2/c1-2-4-14(19)18(22)21-17-6-3-5-15(20-17)12-7-8-16-13(11-12)9-10-23-16/h3,5-8,11,14H,2,4,9-10,19H2,1H3,(H,20,21,22). The van der Waals surface area contributed by atoms with Gasteiger partial charge < -0.3 is 15.8 Å². The summed E-state index contributed by atoms with van der Waals surface area (Å²) in [6.45, 7) is 2.74. The molecule has 120 valence electrons. The van der Waals surface area contributed by atoms with Crippen molar-refractivity contribution in [2.24, 2.45) is 5.73 Å². The van der Waals surface area contributed by atoms with Crippen LogP contribution in [0.25, 0.3) is 11.3 Å². The van der Waals surface area contributed by atoms with Gasteiger partial charge in [0.05, 0.1) is 18.3 Å². The Balaban J connectivity index is 1.79. The monoisotopic (exact) mass is 311 g/mol. The molecule has 1 aromatic carbocycles. The lowest BCUT2D eigenvalue weighted by atomic mass is 10.1. The van der Waals surface area contributed by atoms with Crippen molar-refractivity contribution in [1.82, 2.24) is 4.98 Å². The van der Waals surface area contributed by atoms with Crippen molar-refractivity contribution in [2.75, 3.05) is 11.9 Å². The van der Waals surface area contributed by atoms with Crippen LogP contribution in [0, 0.1) is 0 Å². The summed E-state index contributed by atoms with van der Waals surface area (Å²) in [5.41, 5.74) is 8.87. The summed E-state index contributed by atoms with van der Waals surface area (Å²) in [6, 6.07) is 11.1. The summed E-state index contributed by atoms with van der Waals surface area (Å²) < 4.78 is 5.52. The number of pyridine rings is 1. The number of amides is 1. The van der Waals surface area contributed by atoms with Crippen molar-refractivity contribution >= 4 is 11.7 Å². The Labute approximate surface area is 135 Å². The number of ether oxygens (including phenoxy) is 1. The maximum atomic E-state index is 12.0. The number of anilines is 1. The lowest BCUT2D eigenvalue weighted by Gasteiger charge is -2.11. The number of hydrogen-bond donors (Lipinski definition) is 2. The second-order valence-electron chi connectivity index (χ2n) is 5.71. The molecule has 1 atom stereocenters. The van der Waals surface area contributed by atoms with Gasteiger partial charge in [-0.15, -0.1) is 0 Å². The first-order valence-corrected chi connectivity index (χ1v) is 7.97. The third-order valence-electron chi connectivity index (χ3n) is 3.92. The Hall–Kier alpha value is -2.40. The van der Waals surface area contributed by atoms with Crippen LogP contribution in [0.4, 0.5) is 5.82 Å². The van der Waals surface area contributed by atoms with Crippen LogP contribution < -0.4 is 15.8 Å². The van der Waals surface area contributed by atoms with Crippen LogP contribution >= 0.6 is 0 Å². The molecule has 3 rings (SSSR count). The van der Waals surface area contributed by atoms with Gasteiger partial charge in [0.25, 0.3) is 0 Å². The van der Waals surface area contributed by atoms with Crippen LogP contribution in [0.1, 0.15) is 25.3 Å². The number of nitrogens with zero attached hydrogens (tertiary/aromatic N) is 1. The van der Waals surface area contributed by atoms with E-state index in [9.17, 15) is 4.79 Å². The van der Waals surface area contributed by atoms with E-state index in [4.69, 9.17) is 10.5 Å². The highest BCUT2D eigenvalue weighted by molar-refractivity contribution is 5.94. The highest BCUT2D eigenvalue weighted by atomic mass is 16.5. The highest BCUT2D eigenvalue weighted by Gasteiger charge is 2.15. The van der Waals surface area contributed by atoms with Crippen molar-refractivity contribution < 1.29 is 9.53 Å². The number of rotatable bonds is 5. The number of carbonyl (C=O) groups excluding carboxylic acids is 1. The zero-order chi connectivity index (χ0) is 16.2. The van der Waals surface area contributed by atoms with Crippen LogP contribution in [-0.4, -0.2) is 23.5 Å². The van der Waals surface area contributed by atoms with Gasteiger partial charge in [0, 0.05) is 12.0 Å². The largest absolute Gasteiger partial charge is 0.493 e. The number of hydrogen-bond acceptors (Lipinski definition) is 4. The molecule has 0 radical (unpaired) electrons. The summed E-state index contributed by atoms with van der Waals surface area (Å²) in [5, 5.41) is 2.79. The first kappa shape index (κ1) is 15.5. The van der Waals surface area contributed by atoms with E-state index in [1.807, 2.05) is 31.2 Å². The average Bonchev–Trinajstić information content (AvgIpc) is 3.03. The molecular weight excluding hydrogens is 290 g/mol. The van der Waals surface area contributed by atoms with Gasteiger partial charge in [0.2, 0.25) is 5.91 Å². The van der Waals surface area contributed by atoms with Crippen molar-refractivity contribution in [1.29, 1.82) is 0 Å². The molecule has 5 nitrogen and oxygen atoms in total. The fraction of sp³-hybridized carbons (Fsp3) is 0.333. The molecule has 0 spiro atoms. The first-order chi connectivity index (χ1) is 11.2. The van der Waals surface area contributed by atoms with Crippen LogP contribution in [0.2, 0.25) is 0 Å². The molecule has 5 heteroatoms. The second kappa shape index (κ2) is 6.79. The zero-order valence-corrected chi connectivity index (χ0v) is 13.2. The van der Waals surface area contributed by atoms with E-state index in [1.54, 1.807) is 6.07 Å². The maximum absolute atomic E-state index is 12.0. The van der Waals surface area contributed by atoms with Crippen LogP contribution in [0.3, 0.4) is 0 Å². The molecule has 0 fully saturated rings. The van der Waals surface area contributed by atoms with Gasteiger partial charge in [-0.25, -0.2) is 4.98 Å². The number of benzene rings is 1. The molecule has 2 aromatic rings. The first-order valence-electron chi connectivity index (χ1n) is 7.97. The molecule has 1 unspecified atom stereocenters. The number of aromatic nitrogens is 1. The Morgan fingerprint density at radius 2 is 2.26 bits per heavy atom. The Morgan fingerprint density at radius 1 is 1.39 bits per heavy atom. The van der Waals surface area contributed by atoms with Gasteiger partial charge in [0.1, 0.15) is 11.6 Å². The lowest BCUT2D eigenvalue weighted by molar-refractivity contribution is -0.117. The van der Waals surface area contributed by atoms with Crippen LogP contribution in [0.15, 0.2) is 36.4 Å². The molecule has 1 aliphatic rings. The topological polar surface area (TPSA) is 77.2 Å². The molecule has 23 heavy (non-hydrogen) atoms. The number of nitrogens with two attached hydrogens (primary N) is 1. The van der Waals surface area contributed by atoms with Gasteiger partial charge in [0.15, 0.2) is 0 Å². The van der Waals surface area contributed by atoms with Gasteiger partial charge >= 0.3 is 0 Å². The normalized spacial score (nSPS) is 14.0. The van der Waals surface area contributed by atoms with Crippen molar-refractivity contribution in [3.8, 4) is 17.0 Å². The fourth-order valence-electron chi connectivity index (χ4n) is 2.67. The van der Waals surface area contributed by atoms with E-state index in [0.29, 0.717) is 12.2 Å². The van der Waals surface area contributed by atoms with Gasteiger partial charge in [-0.05, 0) is 42.3 Å². The average molecular weight is 311 g/mol. The molecule has 0 bridgehead atoms. The summed E-state index contributed by atoms with van der Waals surface area (Å²) in [7, 11) is 0. The molecule has 2 heterocycles. The summed E-state index contributed by atoms with van der Waals surface area (Å²) in [6.07, 6.45) is 2.46. The van der Waals surface area contributed by atoms with E-state index < -0.39 is 6.04 Å². The highest BCUT2D eigenvalue weighted by Crippen LogP contribution is 2.30. The SMILES string of the molecule is CCCC(N)C(=O)Nc1cccc(-c2ccc3c(c2)CCO3)n1. The van der Waals surface area contributed by atoms with Gasteiger partial charge in [-0.2, -0.15) is 0 Å². The molecular formula is C18H21N3O2. The quantitative estimate of drug-likeness (QED) is 0.890. The smallest absolute Gasteiger partial charge is 0.242 e. The fourth-order valence-corrected chi connectivity index (χ4v) is 2.67. The maximum Gasteiger partial charge on any atom is 0.242 e. The van der Waals surface area contributed by atoms with Crippen LogP contribution in [-0.2, 0) is 11.2 Å². The summed E-state index contributed by atoms with van der Waals surface area (Å²) >= 11 is 0. The molecule has 0 saturated carbocycles. The van der Waals surface area contributed by atoms with Crippen molar-refractivity contribution in [2.45, 2.75) is 32.2 Å². The van der Waals surface area contributed by atoms with Gasteiger partial charge in [-0.3, -0.25) is 4.79 Å². The molecule has 1 amide bonds. The van der Waals surface area contributed by atoms with Gasteiger partial charge in [-0.1, -0.05) is 19.4 Å².